The third kappa shape index (κ3) is 8.69. The summed E-state index contributed by atoms with van der Waals surface area (Å²) >= 11 is 0. The zero-order chi connectivity index (χ0) is 35.7. The Labute approximate surface area is 273 Å². The first-order chi connectivity index (χ1) is 22.7. The fourth-order valence-electron chi connectivity index (χ4n) is 4.80. The molecule has 8 N–H and O–H groups in total. The fraction of sp³-hybridized carbons (Fsp3) is 0.355. The average Bonchev–Trinajstić information content (AvgIpc) is 3.03. The Balaban J connectivity index is 1.76. The van der Waals surface area contributed by atoms with Crippen LogP contribution in [0.2, 0.25) is 0 Å². The van der Waals surface area contributed by atoms with E-state index in [-0.39, 0.29) is 49.4 Å². The van der Waals surface area contributed by atoms with Crippen molar-refractivity contribution >= 4 is 23.7 Å². The van der Waals surface area contributed by atoms with Crippen LogP contribution in [0.4, 0.5) is 0 Å². The molecule has 0 aliphatic heterocycles. The number of hydrogen-bond donors (Lipinski definition) is 8. The molecule has 258 valence electrons. The molecule has 0 saturated carbocycles. The number of carboxylic acids is 1. The van der Waals surface area contributed by atoms with Crippen LogP contribution in [-0.2, 0) is 14.1 Å². The van der Waals surface area contributed by atoms with Crippen LogP contribution in [0.15, 0.2) is 46.2 Å². The van der Waals surface area contributed by atoms with Crippen LogP contribution in [0.25, 0.3) is 0 Å². The van der Waals surface area contributed by atoms with E-state index in [1.54, 1.807) is 4.90 Å². The number of benzene rings is 1. The van der Waals surface area contributed by atoms with Gasteiger partial charge >= 0.3 is 5.97 Å². The van der Waals surface area contributed by atoms with Gasteiger partial charge in [0, 0.05) is 65.3 Å². The second kappa shape index (κ2) is 16.1. The molecule has 0 aliphatic carbocycles. The van der Waals surface area contributed by atoms with Crippen molar-refractivity contribution in [3.8, 4) is 23.0 Å². The topological polar surface area (TPSA) is 253 Å². The molecular formula is C31H38N6O11. The molecule has 0 saturated heterocycles. The van der Waals surface area contributed by atoms with Crippen LogP contribution >= 0.6 is 0 Å². The van der Waals surface area contributed by atoms with Crippen LogP contribution in [0.1, 0.15) is 61.2 Å². The molecule has 0 fully saturated rings. The number of aromatic carboxylic acids is 1. The maximum Gasteiger partial charge on any atom is 0.339 e. The van der Waals surface area contributed by atoms with E-state index in [9.17, 15) is 49.2 Å². The van der Waals surface area contributed by atoms with Gasteiger partial charge in [-0.15, -0.1) is 0 Å². The Morgan fingerprint density at radius 2 is 1.15 bits per heavy atom. The molecule has 2 heterocycles. The van der Waals surface area contributed by atoms with E-state index in [4.69, 9.17) is 5.11 Å². The molecule has 1 aromatic carbocycles. The smallest absolute Gasteiger partial charge is 0.339 e. The quantitative estimate of drug-likeness (QED) is 0.0968. The summed E-state index contributed by atoms with van der Waals surface area (Å²) in [4.78, 5) is 75.6. The standard InChI is InChI=1S/C31H38N6O11/c1-4-5-17(34-28(44)18-6-7-21(31(47)48)23(39)22(18)38)16-37(14-10-32-26(42)19-8-12-35(2)29(45)24(19)40)15-11-33-27(43)20-9-13-36(3)30(46)25(20)41/h6-9,12-13,17,38-41H,4-5,10-11,14-16H2,1-3H3,(H,32,42)(H,33,43)(H,34,44)(H,47,48). The Morgan fingerprint density at radius 3 is 1.60 bits per heavy atom. The lowest BCUT2D eigenvalue weighted by Crippen LogP contribution is -2.47. The van der Waals surface area contributed by atoms with Crippen molar-refractivity contribution in [3.05, 3.63) is 79.6 Å². The number of pyridine rings is 2. The molecule has 3 rings (SSSR count). The van der Waals surface area contributed by atoms with Gasteiger partial charge in [-0.1, -0.05) is 13.3 Å². The number of rotatable bonds is 15. The largest absolute Gasteiger partial charge is 0.504 e. The van der Waals surface area contributed by atoms with Gasteiger partial charge in [-0.25, -0.2) is 4.79 Å². The van der Waals surface area contributed by atoms with E-state index in [0.717, 1.165) is 21.3 Å². The molecule has 3 aromatic rings. The highest BCUT2D eigenvalue weighted by Gasteiger charge is 2.24. The summed E-state index contributed by atoms with van der Waals surface area (Å²) in [6, 6.07) is 4.05. The Kier molecular flexibility index (Phi) is 12.3. The molecule has 1 unspecified atom stereocenters. The number of amides is 3. The number of phenolic OH excluding ortho intramolecular Hbond substituents is 1. The summed E-state index contributed by atoms with van der Waals surface area (Å²) in [5, 5.41) is 57.8. The van der Waals surface area contributed by atoms with Gasteiger partial charge in [0.1, 0.15) is 5.56 Å². The molecule has 0 spiro atoms. The van der Waals surface area contributed by atoms with Gasteiger partial charge in [-0.05, 0) is 30.7 Å². The number of phenols is 2. The van der Waals surface area contributed by atoms with Gasteiger partial charge in [-0.3, -0.25) is 28.9 Å². The second-order valence-corrected chi connectivity index (χ2v) is 10.9. The van der Waals surface area contributed by atoms with E-state index in [1.165, 1.54) is 38.6 Å². The van der Waals surface area contributed by atoms with E-state index in [0.29, 0.717) is 12.8 Å². The number of carbonyl (C=O) groups excluding carboxylic acids is 3. The SMILES string of the molecule is CCCC(CN(CCNC(=O)c1ccn(C)c(=O)c1O)CCNC(=O)c1ccn(C)c(=O)c1O)NC(=O)c1ccc(C(=O)O)c(O)c1O. The minimum atomic E-state index is -1.50. The van der Waals surface area contributed by atoms with Crippen molar-refractivity contribution < 1.29 is 44.7 Å². The maximum absolute atomic E-state index is 13.1. The van der Waals surface area contributed by atoms with Crippen molar-refractivity contribution in [3.63, 3.8) is 0 Å². The lowest BCUT2D eigenvalue weighted by Gasteiger charge is -2.28. The number of nitrogens with one attached hydrogen (secondary N) is 3. The third-order valence-electron chi connectivity index (χ3n) is 7.48. The second-order valence-electron chi connectivity index (χ2n) is 10.9. The Morgan fingerprint density at radius 1 is 0.708 bits per heavy atom. The number of nitrogens with zero attached hydrogens (tertiary/aromatic N) is 3. The van der Waals surface area contributed by atoms with Gasteiger partial charge in [0.05, 0.1) is 16.7 Å². The average molecular weight is 671 g/mol. The number of hydrogen-bond acceptors (Lipinski definition) is 11. The van der Waals surface area contributed by atoms with E-state index in [2.05, 4.69) is 16.0 Å². The first-order valence-corrected chi connectivity index (χ1v) is 14.8. The van der Waals surface area contributed by atoms with E-state index >= 15 is 0 Å². The highest BCUT2D eigenvalue weighted by atomic mass is 16.4. The van der Waals surface area contributed by atoms with Crippen LogP contribution in [0.5, 0.6) is 23.0 Å². The number of aryl methyl sites for hydroxylation is 2. The molecular weight excluding hydrogens is 632 g/mol. The zero-order valence-corrected chi connectivity index (χ0v) is 26.5. The van der Waals surface area contributed by atoms with E-state index < -0.39 is 69.4 Å². The van der Waals surface area contributed by atoms with Gasteiger partial charge in [-0.2, -0.15) is 0 Å². The molecule has 48 heavy (non-hydrogen) atoms. The highest BCUT2D eigenvalue weighted by Crippen LogP contribution is 2.32. The molecule has 0 bridgehead atoms. The van der Waals surface area contributed by atoms with Gasteiger partial charge in [0.25, 0.3) is 28.8 Å². The zero-order valence-electron chi connectivity index (χ0n) is 26.5. The molecule has 1 atom stereocenters. The fourth-order valence-corrected chi connectivity index (χ4v) is 4.80. The third-order valence-corrected chi connectivity index (χ3v) is 7.48. The summed E-state index contributed by atoms with van der Waals surface area (Å²) in [5.41, 5.74) is -2.89. The number of aromatic nitrogens is 2. The van der Waals surface area contributed by atoms with Gasteiger partial charge < -0.3 is 50.6 Å². The van der Waals surface area contributed by atoms with E-state index in [1.807, 2.05) is 6.92 Å². The lowest BCUT2D eigenvalue weighted by molar-refractivity contribution is 0.0691. The summed E-state index contributed by atoms with van der Waals surface area (Å²) in [6.45, 7) is 2.34. The van der Waals surface area contributed by atoms with Crippen LogP contribution in [0, 0.1) is 0 Å². The van der Waals surface area contributed by atoms with Crippen molar-refractivity contribution in [2.75, 3.05) is 32.7 Å². The predicted molar refractivity (Wildman–Crippen MR) is 171 cm³/mol. The molecule has 0 radical (unpaired) electrons. The van der Waals surface area contributed by atoms with Crippen LogP contribution in [0.3, 0.4) is 0 Å². The Bertz CT molecular complexity index is 1730. The van der Waals surface area contributed by atoms with Crippen molar-refractivity contribution in [2.24, 2.45) is 14.1 Å². The van der Waals surface area contributed by atoms with Crippen molar-refractivity contribution in [1.29, 1.82) is 0 Å². The molecule has 2 aromatic heterocycles. The summed E-state index contributed by atoms with van der Waals surface area (Å²) in [6.07, 6.45) is 3.70. The lowest BCUT2D eigenvalue weighted by atomic mass is 10.1. The Hall–Kier alpha value is -5.84. The molecule has 3 amide bonds. The van der Waals surface area contributed by atoms with Gasteiger partial charge in [0.15, 0.2) is 23.0 Å². The summed E-state index contributed by atoms with van der Waals surface area (Å²) in [7, 11) is 2.83. The minimum absolute atomic E-state index is 0.00898. The van der Waals surface area contributed by atoms with Crippen molar-refractivity contribution in [2.45, 2.75) is 25.8 Å². The maximum atomic E-state index is 13.1. The number of aromatic hydroxyl groups is 4. The van der Waals surface area contributed by atoms with Crippen molar-refractivity contribution in [1.82, 2.24) is 30.0 Å². The predicted octanol–water partition coefficient (Wildman–Crippen LogP) is -0.335. The highest BCUT2D eigenvalue weighted by molar-refractivity contribution is 6.01. The normalized spacial score (nSPS) is 11.6. The first kappa shape index (κ1) is 36.6. The number of carboxylic acid groups (broad SMARTS) is 1. The van der Waals surface area contributed by atoms with Gasteiger partial charge in [0.2, 0.25) is 0 Å². The molecule has 17 heteroatoms. The first-order valence-electron chi connectivity index (χ1n) is 14.8. The monoisotopic (exact) mass is 670 g/mol. The van der Waals surface area contributed by atoms with Crippen LogP contribution < -0.4 is 27.1 Å². The minimum Gasteiger partial charge on any atom is -0.504 e. The molecule has 17 nitrogen and oxygen atoms in total. The molecule has 0 aliphatic rings. The summed E-state index contributed by atoms with van der Waals surface area (Å²) < 4.78 is 2.22. The number of carbonyl (C=O) groups is 4. The van der Waals surface area contributed by atoms with Crippen LogP contribution in [-0.4, -0.2) is 102 Å². The summed E-state index contributed by atoms with van der Waals surface area (Å²) in [5.74, 6) is -7.00.